The van der Waals surface area contributed by atoms with Crippen LogP contribution in [-0.2, 0) is 19.7 Å². The van der Waals surface area contributed by atoms with E-state index in [2.05, 4.69) is 48.6 Å². The van der Waals surface area contributed by atoms with Gasteiger partial charge >= 0.3 is 0 Å². The van der Waals surface area contributed by atoms with Crippen molar-refractivity contribution in [2.24, 2.45) is 0 Å². The maximum atomic E-state index is 6.16. The maximum Gasteiger partial charge on any atom is 0.124 e. The number of benzene rings is 3. The van der Waals surface area contributed by atoms with Crippen molar-refractivity contribution in [3.8, 4) is 5.75 Å². The molecule has 3 aromatic carbocycles. The van der Waals surface area contributed by atoms with Crippen molar-refractivity contribution in [1.82, 2.24) is 5.32 Å². The topological polar surface area (TPSA) is 21.3 Å². The highest BCUT2D eigenvalue weighted by atomic mass is 35.5. The first-order valence-corrected chi connectivity index (χ1v) is 8.80. The van der Waals surface area contributed by atoms with Crippen LogP contribution in [0.5, 0.6) is 5.75 Å². The maximum absolute atomic E-state index is 6.16. The van der Waals surface area contributed by atoms with Crippen LogP contribution in [0.15, 0.2) is 72.8 Å². The van der Waals surface area contributed by atoms with Crippen molar-refractivity contribution in [1.29, 1.82) is 0 Å². The lowest BCUT2D eigenvalue weighted by Crippen LogP contribution is -2.13. The molecule has 0 aliphatic heterocycles. The molecule has 2 nitrogen and oxygen atoms in total. The number of hydrogen-bond acceptors (Lipinski definition) is 2. The van der Waals surface area contributed by atoms with Gasteiger partial charge in [-0.1, -0.05) is 71.8 Å². The molecule has 0 saturated carbocycles. The Morgan fingerprint density at radius 1 is 0.846 bits per heavy atom. The molecule has 3 rings (SSSR count). The Morgan fingerprint density at radius 2 is 1.58 bits per heavy atom. The average molecular weight is 388 g/mol. The summed E-state index contributed by atoms with van der Waals surface area (Å²) in [6, 6.07) is 24.5. The third-order valence-corrected chi connectivity index (χ3v) is 4.26. The van der Waals surface area contributed by atoms with Gasteiger partial charge in [0.1, 0.15) is 12.4 Å². The number of nitrogens with one attached hydrogen (secondary N) is 1. The van der Waals surface area contributed by atoms with Gasteiger partial charge in [-0.15, -0.1) is 12.4 Å². The third kappa shape index (κ3) is 6.06. The number of rotatable bonds is 7. The molecule has 0 heterocycles. The van der Waals surface area contributed by atoms with Crippen molar-refractivity contribution in [3.05, 3.63) is 100 Å². The molecule has 3 aromatic rings. The highest BCUT2D eigenvalue weighted by Crippen LogP contribution is 2.24. The molecule has 0 fully saturated rings. The van der Waals surface area contributed by atoms with Crippen LogP contribution in [0.2, 0.25) is 5.02 Å². The van der Waals surface area contributed by atoms with Crippen molar-refractivity contribution >= 4 is 24.0 Å². The van der Waals surface area contributed by atoms with E-state index >= 15 is 0 Å². The molecule has 0 spiro atoms. The fourth-order valence-corrected chi connectivity index (χ4v) is 2.80. The van der Waals surface area contributed by atoms with E-state index in [-0.39, 0.29) is 12.4 Å². The third-order valence-electron chi connectivity index (χ3n) is 4.02. The largest absolute Gasteiger partial charge is 0.489 e. The van der Waals surface area contributed by atoms with Crippen LogP contribution in [0.25, 0.3) is 0 Å². The molecule has 0 radical (unpaired) electrons. The predicted molar refractivity (Wildman–Crippen MR) is 111 cm³/mol. The fraction of sp³-hybridized carbons (Fsp3) is 0.182. The first kappa shape index (κ1) is 20.3. The summed E-state index contributed by atoms with van der Waals surface area (Å²) in [6.07, 6.45) is 0. The fourth-order valence-electron chi connectivity index (χ4n) is 2.61. The monoisotopic (exact) mass is 387 g/mol. The van der Waals surface area contributed by atoms with Crippen molar-refractivity contribution < 1.29 is 4.74 Å². The molecule has 0 aromatic heterocycles. The van der Waals surface area contributed by atoms with Crippen LogP contribution in [0, 0.1) is 6.92 Å². The first-order valence-electron chi connectivity index (χ1n) is 8.42. The lowest BCUT2D eigenvalue weighted by molar-refractivity contribution is 0.302. The Hall–Kier alpha value is -2.00. The van der Waals surface area contributed by atoms with Gasteiger partial charge in [-0.2, -0.15) is 0 Å². The molecule has 0 aliphatic carbocycles. The van der Waals surface area contributed by atoms with Gasteiger partial charge < -0.3 is 10.1 Å². The molecule has 0 bridgehead atoms. The standard InChI is InChI=1S/C22H22ClNO.ClH/c1-17-7-9-19(10-8-17)16-25-22-12-11-21(23)13-20(22)15-24-14-18-5-3-2-4-6-18;/h2-13,24H,14-16H2,1H3;1H. The second kappa shape index (κ2) is 10.2. The summed E-state index contributed by atoms with van der Waals surface area (Å²) in [5.41, 5.74) is 4.73. The molecular weight excluding hydrogens is 365 g/mol. The van der Waals surface area contributed by atoms with E-state index in [1.165, 1.54) is 11.1 Å². The van der Waals surface area contributed by atoms with Gasteiger partial charge in [-0.25, -0.2) is 0 Å². The Balaban J connectivity index is 0.00000243. The van der Waals surface area contributed by atoms with Crippen LogP contribution < -0.4 is 10.1 Å². The number of aryl methyl sites for hydroxylation is 1. The Morgan fingerprint density at radius 3 is 2.31 bits per heavy atom. The SMILES string of the molecule is Cc1ccc(COc2ccc(Cl)cc2CNCc2ccccc2)cc1.Cl. The predicted octanol–water partition coefficient (Wildman–Crippen LogP) is 5.94. The van der Waals surface area contributed by atoms with Crippen LogP contribution >= 0.6 is 24.0 Å². The molecule has 0 unspecified atom stereocenters. The Bertz CT molecular complexity index is 804. The van der Waals surface area contributed by atoms with Gasteiger partial charge in [0.15, 0.2) is 0 Å². The van der Waals surface area contributed by atoms with E-state index in [0.717, 1.165) is 28.4 Å². The van der Waals surface area contributed by atoms with Crippen molar-refractivity contribution in [3.63, 3.8) is 0 Å². The minimum Gasteiger partial charge on any atom is -0.489 e. The molecule has 0 atom stereocenters. The Labute approximate surface area is 166 Å². The molecule has 0 aliphatic rings. The van der Waals surface area contributed by atoms with Crippen LogP contribution in [0.4, 0.5) is 0 Å². The van der Waals surface area contributed by atoms with Gasteiger partial charge in [0, 0.05) is 23.7 Å². The van der Waals surface area contributed by atoms with E-state index in [9.17, 15) is 0 Å². The lowest BCUT2D eigenvalue weighted by Gasteiger charge is -2.13. The van der Waals surface area contributed by atoms with E-state index in [1.54, 1.807) is 0 Å². The Kier molecular flexibility index (Phi) is 7.99. The summed E-state index contributed by atoms with van der Waals surface area (Å²) in [4.78, 5) is 0. The number of halogens is 2. The summed E-state index contributed by atoms with van der Waals surface area (Å²) in [5.74, 6) is 0.866. The second-order valence-corrected chi connectivity index (χ2v) is 6.55. The molecule has 1 N–H and O–H groups in total. The highest BCUT2D eigenvalue weighted by Gasteiger charge is 2.06. The summed E-state index contributed by atoms with van der Waals surface area (Å²) >= 11 is 6.16. The zero-order valence-corrected chi connectivity index (χ0v) is 16.3. The smallest absolute Gasteiger partial charge is 0.124 e. The second-order valence-electron chi connectivity index (χ2n) is 6.12. The van der Waals surface area contributed by atoms with Crippen LogP contribution in [-0.4, -0.2) is 0 Å². The van der Waals surface area contributed by atoms with Crippen LogP contribution in [0.3, 0.4) is 0 Å². The van der Waals surface area contributed by atoms with E-state index in [4.69, 9.17) is 16.3 Å². The molecule has 0 saturated heterocycles. The zero-order valence-electron chi connectivity index (χ0n) is 14.7. The zero-order chi connectivity index (χ0) is 17.5. The van der Waals surface area contributed by atoms with Gasteiger partial charge in [0.25, 0.3) is 0 Å². The molecule has 26 heavy (non-hydrogen) atoms. The van der Waals surface area contributed by atoms with E-state index in [0.29, 0.717) is 13.2 Å². The normalized spacial score (nSPS) is 10.2. The van der Waals surface area contributed by atoms with Gasteiger partial charge in [0.2, 0.25) is 0 Å². The van der Waals surface area contributed by atoms with Crippen LogP contribution in [0.1, 0.15) is 22.3 Å². The summed E-state index contributed by atoms with van der Waals surface area (Å²) in [7, 11) is 0. The van der Waals surface area contributed by atoms with Crippen molar-refractivity contribution in [2.75, 3.05) is 0 Å². The van der Waals surface area contributed by atoms with E-state index < -0.39 is 0 Å². The number of ether oxygens (including phenoxy) is 1. The minimum absolute atomic E-state index is 0. The van der Waals surface area contributed by atoms with Crippen molar-refractivity contribution in [2.45, 2.75) is 26.6 Å². The first-order chi connectivity index (χ1) is 12.2. The average Bonchev–Trinajstić information content (AvgIpc) is 2.63. The van der Waals surface area contributed by atoms with E-state index in [1.807, 2.05) is 36.4 Å². The van der Waals surface area contributed by atoms with Gasteiger partial charge in [0.05, 0.1) is 0 Å². The number of hydrogen-bond donors (Lipinski definition) is 1. The summed E-state index contributed by atoms with van der Waals surface area (Å²) in [5, 5.41) is 4.17. The van der Waals surface area contributed by atoms with Gasteiger partial charge in [-0.3, -0.25) is 0 Å². The lowest BCUT2D eigenvalue weighted by atomic mass is 10.1. The minimum atomic E-state index is 0. The molecule has 0 amide bonds. The highest BCUT2D eigenvalue weighted by molar-refractivity contribution is 6.30. The quantitative estimate of drug-likeness (QED) is 0.541. The van der Waals surface area contributed by atoms with Gasteiger partial charge in [-0.05, 0) is 36.2 Å². The molecular formula is C22H23Cl2NO. The molecule has 4 heteroatoms. The summed E-state index contributed by atoms with van der Waals surface area (Å²) < 4.78 is 6.02. The summed E-state index contributed by atoms with van der Waals surface area (Å²) in [6.45, 7) is 4.15. The molecule has 136 valence electrons.